The summed E-state index contributed by atoms with van der Waals surface area (Å²) in [5.41, 5.74) is 2.24. The highest BCUT2D eigenvalue weighted by Crippen LogP contribution is 2.20. The van der Waals surface area contributed by atoms with E-state index in [1.54, 1.807) is 0 Å². The van der Waals surface area contributed by atoms with Gasteiger partial charge in [0.15, 0.2) is 5.82 Å². The molecule has 0 saturated carbocycles. The molecule has 2 aromatic rings. The molecule has 66 valence electrons. The molecule has 0 unspecified atom stereocenters. The van der Waals surface area contributed by atoms with Gasteiger partial charge in [-0.3, -0.25) is 0 Å². The summed E-state index contributed by atoms with van der Waals surface area (Å²) in [5.74, 6) is 0.704. The molecule has 1 aromatic carbocycles. The van der Waals surface area contributed by atoms with Crippen molar-refractivity contribution in [1.29, 1.82) is 0 Å². The Hall–Kier alpha value is -0.930. The van der Waals surface area contributed by atoms with E-state index < -0.39 is 0 Å². The Labute approximate surface area is 85.4 Å². The van der Waals surface area contributed by atoms with Crippen LogP contribution in [0.4, 0.5) is 0 Å². The molecule has 0 fully saturated rings. The molecule has 0 saturated heterocycles. The minimum atomic E-state index is 0.482. The second kappa shape index (κ2) is 3.44. The second-order valence-corrected chi connectivity index (χ2v) is 4.07. The third-order valence-corrected chi connectivity index (χ3v) is 2.51. The molecular weight excluding hydrogens is 204 g/mol. The van der Waals surface area contributed by atoms with Gasteiger partial charge in [-0.05, 0) is 30.1 Å². The maximum atomic E-state index is 5.69. The summed E-state index contributed by atoms with van der Waals surface area (Å²) >= 11 is 6.89. The third-order valence-electron chi connectivity index (χ3n) is 1.71. The molecular formula is C9H7ClN2S. The van der Waals surface area contributed by atoms with E-state index in [-0.39, 0.29) is 0 Å². The predicted octanol–water partition coefficient (Wildman–Crippen LogP) is 3.17. The second-order valence-electron chi connectivity index (χ2n) is 2.74. The number of hydrogen-bond acceptors (Lipinski definition) is 3. The van der Waals surface area contributed by atoms with Crippen LogP contribution in [0.3, 0.4) is 0 Å². The van der Waals surface area contributed by atoms with Crippen LogP contribution in [0.5, 0.6) is 0 Å². The lowest BCUT2D eigenvalue weighted by Gasteiger charge is -1.94. The van der Waals surface area contributed by atoms with E-state index in [0.29, 0.717) is 10.3 Å². The van der Waals surface area contributed by atoms with Crippen LogP contribution in [0.25, 0.3) is 11.4 Å². The van der Waals surface area contributed by atoms with Gasteiger partial charge in [0.1, 0.15) is 0 Å². The van der Waals surface area contributed by atoms with Crippen molar-refractivity contribution in [2.24, 2.45) is 0 Å². The minimum absolute atomic E-state index is 0.482. The molecule has 1 aromatic heterocycles. The molecule has 0 aliphatic rings. The van der Waals surface area contributed by atoms with Crippen LogP contribution in [0, 0.1) is 6.92 Å². The first kappa shape index (κ1) is 8.66. The highest BCUT2D eigenvalue weighted by Gasteiger charge is 2.03. The Bertz CT molecular complexity index is 408. The maximum Gasteiger partial charge on any atom is 0.203 e. The van der Waals surface area contributed by atoms with Gasteiger partial charge in [0.05, 0.1) is 0 Å². The Morgan fingerprint density at radius 1 is 1.23 bits per heavy atom. The van der Waals surface area contributed by atoms with Crippen LogP contribution >= 0.6 is 23.1 Å². The summed E-state index contributed by atoms with van der Waals surface area (Å²) in [5, 5.41) is 0. The first-order valence-electron chi connectivity index (χ1n) is 3.82. The summed E-state index contributed by atoms with van der Waals surface area (Å²) < 4.78 is 4.60. The molecule has 0 amide bonds. The van der Waals surface area contributed by atoms with E-state index in [4.69, 9.17) is 11.6 Å². The lowest BCUT2D eigenvalue weighted by atomic mass is 10.1. The zero-order chi connectivity index (χ0) is 9.26. The number of benzene rings is 1. The van der Waals surface area contributed by atoms with Gasteiger partial charge in [0.25, 0.3) is 0 Å². The largest absolute Gasteiger partial charge is 0.203 e. The lowest BCUT2D eigenvalue weighted by molar-refractivity contribution is 1.32. The Kier molecular flexibility index (Phi) is 2.29. The van der Waals surface area contributed by atoms with Gasteiger partial charge < -0.3 is 0 Å². The molecule has 1 heterocycles. The molecule has 2 rings (SSSR count). The van der Waals surface area contributed by atoms with Gasteiger partial charge in [-0.25, -0.2) is 4.98 Å². The van der Waals surface area contributed by atoms with Gasteiger partial charge in [0.2, 0.25) is 4.47 Å². The zero-order valence-corrected chi connectivity index (χ0v) is 8.56. The maximum absolute atomic E-state index is 5.69. The quantitative estimate of drug-likeness (QED) is 0.723. The fourth-order valence-corrected chi connectivity index (χ4v) is 1.64. The van der Waals surface area contributed by atoms with E-state index in [1.165, 1.54) is 17.1 Å². The van der Waals surface area contributed by atoms with Gasteiger partial charge in [0, 0.05) is 5.56 Å². The van der Waals surface area contributed by atoms with E-state index in [9.17, 15) is 0 Å². The number of rotatable bonds is 1. The number of halogens is 1. The highest BCUT2D eigenvalue weighted by molar-refractivity contribution is 7.10. The first-order chi connectivity index (χ1) is 6.25. The molecule has 0 radical (unpaired) electrons. The van der Waals surface area contributed by atoms with E-state index >= 15 is 0 Å². The van der Waals surface area contributed by atoms with Crippen molar-refractivity contribution < 1.29 is 0 Å². The van der Waals surface area contributed by atoms with Crippen molar-refractivity contribution in [1.82, 2.24) is 9.36 Å². The summed E-state index contributed by atoms with van der Waals surface area (Å²) in [6.45, 7) is 2.05. The average molecular weight is 211 g/mol. The first-order valence-corrected chi connectivity index (χ1v) is 4.97. The molecule has 2 nitrogen and oxygen atoms in total. The Morgan fingerprint density at radius 3 is 2.46 bits per heavy atom. The standard InChI is InChI=1S/C9H7ClN2S/c1-6-2-4-7(5-3-6)8-11-9(10)13-12-8/h2-5H,1H3. The average Bonchev–Trinajstić information content (AvgIpc) is 2.53. The molecule has 0 N–H and O–H groups in total. The van der Waals surface area contributed by atoms with E-state index in [1.807, 2.05) is 31.2 Å². The SMILES string of the molecule is Cc1ccc(-c2nsc(Cl)n2)cc1. The molecule has 0 spiro atoms. The number of aromatic nitrogens is 2. The normalized spacial score (nSPS) is 10.3. The van der Waals surface area contributed by atoms with Crippen LogP contribution in [-0.2, 0) is 0 Å². The zero-order valence-electron chi connectivity index (χ0n) is 6.99. The molecule has 0 atom stereocenters. The van der Waals surface area contributed by atoms with Crippen LogP contribution in [0.2, 0.25) is 4.47 Å². The fourth-order valence-electron chi connectivity index (χ4n) is 1.02. The lowest BCUT2D eigenvalue weighted by Crippen LogP contribution is -1.79. The van der Waals surface area contributed by atoms with Crippen molar-refractivity contribution in [3.05, 3.63) is 34.3 Å². The smallest absolute Gasteiger partial charge is 0.203 e. The van der Waals surface area contributed by atoms with Crippen molar-refractivity contribution in [2.45, 2.75) is 6.92 Å². The molecule has 4 heteroatoms. The van der Waals surface area contributed by atoms with Crippen molar-refractivity contribution in [2.75, 3.05) is 0 Å². The summed E-state index contributed by atoms with van der Waals surface area (Å²) in [6.07, 6.45) is 0. The van der Waals surface area contributed by atoms with E-state index in [2.05, 4.69) is 9.36 Å². The minimum Gasteiger partial charge on any atom is -0.203 e. The van der Waals surface area contributed by atoms with Crippen molar-refractivity contribution in [3.8, 4) is 11.4 Å². The number of nitrogens with zero attached hydrogens (tertiary/aromatic N) is 2. The number of hydrogen-bond donors (Lipinski definition) is 0. The molecule has 0 aliphatic carbocycles. The topological polar surface area (TPSA) is 25.8 Å². The monoisotopic (exact) mass is 210 g/mol. The van der Waals surface area contributed by atoms with Gasteiger partial charge >= 0.3 is 0 Å². The van der Waals surface area contributed by atoms with Crippen LogP contribution in [0.15, 0.2) is 24.3 Å². The highest BCUT2D eigenvalue weighted by atomic mass is 35.5. The molecule has 0 bridgehead atoms. The summed E-state index contributed by atoms with van der Waals surface area (Å²) in [6, 6.07) is 8.05. The van der Waals surface area contributed by atoms with Gasteiger partial charge in [-0.15, -0.1) is 0 Å². The molecule has 0 aliphatic heterocycles. The van der Waals surface area contributed by atoms with Gasteiger partial charge in [-0.2, -0.15) is 4.37 Å². The Morgan fingerprint density at radius 2 is 1.92 bits per heavy atom. The van der Waals surface area contributed by atoms with Crippen molar-refractivity contribution >= 4 is 23.1 Å². The van der Waals surface area contributed by atoms with Crippen LogP contribution in [-0.4, -0.2) is 9.36 Å². The van der Waals surface area contributed by atoms with Crippen LogP contribution in [0.1, 0.15) is 5.56 Å². The predicted molar refractivity (Wildman–Crippen MR) is 55.1 cm³/mol. The summed E-state index contributed by atoms with van der Waals surface area (Å²) in [7, 11) is 0. The molecule has 13 heavy (non-hydrogen) atoms. The van der Waals surface area contributed by atoms with E-state index in [0.717, 1.165) is 5.56 Å². The van der Waals surface area contributed by atoms with Crippen LogP contribution < -0.4 is 0 Å². The van der Waals surface area contributed by atoms with Crippen molar-refractivity contribution in [3.63, 3.8) is 0 Å². The summed E-state index contributed by atoms with van der Waals surface area (Å²) in [4.78, 5) is 4.08. The van der Waals surface area contributed by atoms with Gasteiger partial charge in [-0.1, -0.05) is 29.8 Å². The fraction of sp³-hybridized carbons (Fsp3) is 0.111. The Balaban J connectivity index is 2.41. The number of aryl methyl sites for hydroxylation is 1. The third kappa shape index (κ3) is 1.87.